The summed E-state index contributed by atoms with van der Waals surface area (Å²) in [4.78, 5) is 0. The first-order chi connectivity index (χ1) is 25.3. The first-order valence-electron chi connectivity index (χ1n) is 17.5. The van der Waals surface area contributed by atoms with Crippen LogP contribution in [0.15, 0.2) is 188 Å². The Morgan fingerprint density at radius 1 is 0.255 bits per heavy atom. The lowest BCUT2D eigenvalue weighted by atomic mass is 10.00. The average Bonchev–Trinajstić information content (AvgIpc) is 3.84. The van der Waals surface area contributed by atoms with Crippen molar-refractivity contribution in [1.29, 1.82) is 0 Å². The molecule has 0 fully saturated rings. The Labute approximate surface area is 294 Å². The molecule has 3 heteroatoms. The number of aromatic nitrogens is 3. The molecule has 0 saturated carbocycles. The summed E-state index contributed by atoms with van der Waals surface area (Å²) in [6.07, 6.45) is 0. The minimum Gasteiger partial charge on any atom is -0.309 e. The van der Waals surface area contributed by atoms with Crippen LogP contribution in [0.2, 0.25) is 0 Å². The van der Waals surface area contributed by atoms with Gasteiger partial charge in [-0.05, 0) is 66.2 Å². The second-order valence-corrected chi connectivity index (χ2v) is 13.4. The Morgan fingerprint density at radius 3 is 1.31 bits per heavy atom. The molecule has 3 aromatic heterocycles. The van der Waals surface area contributed by atoms with Gasteiger partial charge in [-0.2, -0.15) is 0 Å². The van der Waals surface area contributed by atoms with Crippen LogP contribution in [-0.4, -0.2) is 13.7 Å². The van der Waals surface area contributed by atoms with Crippen molar-refractivity contribution in [3.63, 3.8) is 0 Å². The molecule has 3 heterocycles. The van der Waals surface area contributed by atoms with E-state index in [-0.39, 0.29) is 0 Å². The van der Waals surface area contributed by atoms with Gasteiger partial charge in [0, 0.05) is 54.9 Å². The Balaban J connectivity index is 1.19. The van der Waals surface area contributed by atoms with Crippen LogP contribution in [0.1, 0.15) is 0 Å². The van der Waals surface area contributed by atoms with E-state index in [0.717, 1.165) is 17.1 Å². The largest absolute Gasteiger partial charge is 0.309 e. The highest BCUT2D eigenvalue weighted by atomic mass is 15.0. The van der Waals surface area contributed by atoms with E-state index in [4.69, 9.17) is 0 Å². The predicted octanol–water partition coefficient (Wildman–Crippen LogP) is 12.6. The first kappa shape index (κ1) is 28.0. The van der Waals surface area contributed by atoms with Gasteiger partial charge in [-0.25, -0.2) is 0 Å². The summed E-state index contributed by atoms with van der Waals surface area (Å²) in [5.74, 6) is 0. The molecule has 0 aliphatic heterocycles. The average molecular weight is 650 g/mol. The van der Waals surface area contributed by atoms with Crippen LogP contribution in [0.3, 0.4) is 0 Å². The summed E-state index contributed by atoms with van der Waals surface area (Å²) in [7, 11) is 0. The maximum Gasteiger partial charge on any atom is 0.0619 e. The van der Waals surface area contributed by atoms with E-state index < -0.39 is 0 Å². The number of benzene rings is 8. The fourth-order valence-electron chi connectivity index (χ4n) is 8.48. The van der Waals surface area contributed by atoms with Crippen molar-refractivity contribution in [2.45, 2.75) is 0 Å². The third-order valence-corrected chi connectivity index (χ3v) is 10.6. The molecular weight excluding hydrogens is 619 g/mol. The van der Waals surface area contributed by atoms with Crippen molar-refractivity contribution in [3.05, 3.63) is 188 Å². The highest BCUT2D eigenvalue weighted by Gasteiger charge is 2.19. The van der Waals surface area contributed by atoms with Crippen molar-refractivity contribution < 1.29 is 0 Å². The van der Waals surface area contributed by atoms with Crippen LogP contribution in [0.4, 0.5) is 0 Å². The van der Waals surface area contributed by atoms with Crippen molar-refractivity contribution >= 4 is 65.4 Å². The summed E-state index contributed by atoms with van der Waals surface area (Å²) < 4.78 is 7.27. The SMILES string of the molecule is c1ccc(-n2c3ccccc3c3ccc(-c4cccc5c6ccccc6n(-c6cccc(-n7c8ccccc8c8ccccc87)c6)c45)cc32)cc1. The molecule has 0 N–H and O–H groups in total. The van der Waals surface area contributed by atoms with Gasteiger partial charge in [-0.15, -0.1) is 0 Å². The van der Waals surface area contributed by atoms with Crippen LogP contribution in [0.25, 0.3) is 93.6 Å². The van der Waals surface area contributed by atoms with Crippen LogP contribution in [-0.2, 0) is 0 Å². The van der Waals surface area contributed by atoms with E-state index in [0.29, 0.717) is 0 Å². The third kappa shape index (κ3) is 4.06. The molecule has 0 spiro atoms. The Hall–Kier alpha value is -6.84. The molecule has 0 aliphatic rings. The first-order valence-corrected chi connectivity index (χ1v) is 17.5. The molecule has 0 unspecified atom stereocenters. The Kier molecular flexibility index (Phi) is 5.96. The van der Waals surface area contributed by atoms with Gasteiger partial charge in [0.2, 0.25) is 0 Å². The predicted molar refractivity (Wildman–Crippen MR) is 215 cm³/mol. The van der Waals surface area contributed by atoms with Crippen LogP contribution < -0.4 is 0 Å². The summed E-state index contributed by atoms with van der Waals surface area (Å²) >= 11 is 0. The molecule has 8 aromatic carbocycles. The highest BCUT2D eigenvalue weighted by molar-refractivity contribution is 6.15. The second kappa shape index (κ2) is 10.8. The van der Waals surface area contributed by atoms with Crippen molar-refractivity contribution in [2.75, 3.05) is 0 Å². The molecule has 0 atom stereocenters. The molecule has 238 valence electrons. The van der Waals surface area contributed by atoms with Gasteiger partial charge in [0.15, 0.2) is 0 Å². The molecular formula is C48H31N3. The topological polar surface area (TPSA) is 14.8 Å². The van der Waals surface area contributed by atoms with Gasteiger partial charge in [0.1, 0.15) is 0 Å². The molecule has 0 saturated heterocycles. The van der Waals surface area contributed by atoms with E-state index in [1.54, 1.807) is 0 Å². The smallest absolute Gasteiger partial charge is 0.0619 e. The zero-order chi connectivity index (χ0) is 33.5. The lowest BCUT2D eigenvalue weighted by Crippen LogP contribution is -1.99. The van der Waals surface area contributed by atoms with Crippen LogP contribution in [0, 0.1) is 0 Å². The number of para-hydroxylation sites is 6. The zero-order valence-corrected chi connectivity index (χ0v) is 27.7. The van der Waals surface area contributed by atoms with Gasteiger partial charge in [-0.3, -0.25) is 0 Å². The van der Waals surface area contributed by atoms with Crippen molar-refractivity contribution in [1.82, 2.24) is 13.7 Å². The van der Waals surface area contributed by atoms with Gasteiger partial charge in [0.25, 0.3) is 0 Å². The van der Waals surface area contributed by atoms with Crippen molar-refractivity contribution in [3.8, 4) is 28.2 Å². The summed E-state index contributed by atoms with van der Waals surface area (Å²) in [6, 6.07) is 68.5. The fourth-order valence-corrected chi connectivity index (χ4v) is 8.48. The number of fused-ring (bicyclic) bond motifs is 9. The lowest BCUT2D eigenvalue weighted by Gasteiger charge is -2.15. The van der Waals surface area contributed by atoms with Crippen LogP contribution in [0.5, 0.6) is 0 Å². The summed E-state index contributed by atoms with van der Waals surface area (Å²) in [5.41, 5.74) is 13.1. The normalized spacial score (nSPS) is 11.9. The molecule has 11 aromatic rings. The molecule has 0 radical (unpaired) electrons. The molecule has 51 heavy (non-hydrogen) atoms. The number of nitrogens with zero attached hydrogens (tertiary/aromatic N) is 3. The summed E-state index contributed by atoms with van der Waals surface area (Å²) in [5, 5.41) is 7.54. The number of hydrogen-bond acceptors (Lipinski definition) is 0. The highest BCUT2D eigenvalue weighted by Crippen LogP contribution is 2.41. The molecule has 0 aliphatic carbocycles. The van der Waals surface area contributed by atoms with E-state index in [1.165, 1.54) is 76.5 Å². The summed E-state index contributed by atoms with van der Waals surface area (Å²) in [6.45, 7) is 0. The number of hydrogen-bond donors (Lipinski definition) is 0. The van der Waals surface area contributed by atoms with Gasteiger partial charge >= 0.3 is 0 Å². The minimum absolute atomic E-state index is 1.13. The monoisotopic (exact) mass is 649 g/mol. The van der Waals surface area contributed by atoms with Gasteiger partial charge in [-0.1, -0.05) is 127 Å². The molecule has 0 amide bonds. The lowest BCUT2D eigenvalue weighted by molar-refractivity contribution is 1.13. The quantitative estimate of drug-likeness (QED) is 0.180. The fraction of sp³-hybridized carbons (Fsp3) is 0. The van der Waals surface area contributed by atoms with E-state index in [1.807, 2.05) is 0 Å². The Morgan fingerprint density at radius 2 is 0.686 bits per heavy atom. The second-order valence-electron chi connectivity index (χ2n) is 13.4. The third-order valence-electron chi connectivity index (χ3n) is 10.6. The molecule has 0 bridgehead atoms. The van der Waals surface area contributed by atoms with Crippen molar-refractivity contribution in [2.24, 2.45) is 0 Å². The molecule has 3 nitrogen and oxygen atoms in total. The maximum atomic E-state index is 2.47. The Bertz CT molecular complexity index is 3080. The van der Waals surface area contributed by atoms with E-state index in [9.17, 15) is 0 Å². The maximum absolute atomic E-state index is 2.47. The van der Waals surface area contributed by atoms with Gasteiger partial charge < -0.3 is 13.7 Å². The standard InChI is InChI=1S/C48H31N3/c1-2-14-33(15-3-1)49-43-24-8-6-20-39(43)41-29-28-32(30-47(41)49)36-22-13-23-42-40-21-7-11-27-46(40)51(48(36)42)35-17-12-16-34(31-35)50-44-25-9-4-18-37(44)38-19-5-10-26-45(38)50/h1-31H. The van der Waals surface area contributed by atoms with E-state index in [2.05, 4.69) is 202 Å². The molecule has 11 rings (SSSR count). The minimum atomic E-state index is 1.13. The zero-order valence-electron chi connectivity index (χ0n) is 27.7. The number of rotatable bonds is 4. The van der Waals surface area contributed by atoms with Gasteiger partial charge in [0.05, 0.1) is 33.1 Å². The van der Waals surface area contributed by atoms with Crippen LogP contribution >= 0.6 is 0 Å². The van der Waals surface area contributed by atoms with E-state index >= 15 is 0 Å².